The summed E-state index contributed by atoms with van der Waals surface area (Å²) < 4.78 is 5.98. The lowest BCUT2D eigenvalue weighted by atomic mass is 10.1. The second kappa shape index (κ2) is 10.5. The lowest BCUT2D eigenvalue weighted by molar-refractivity contribution is 0.0907. The number of nitrogens with zero attached hydrogens (tertiary/aromatic N) is 2. The van der Waals surface area contributed by atoms with Gasteiger partial charge in [0, 0.05) is 5.56 Å². The number of hydrogen-bond donors (Lipinski definition) is 1. The van der Waals surface area contributed by atoms with Crippen LogP contribution in [0.1, 0.15) is 32.9 Å². The van der Waals surface area contributed by atoms with Crippen molar-refractivity contribution in [2.24, 2.45) is 4.99 Å². The van der Waals surface area contributed by atoms with Gasteiger partial charge >= 0.3 is 0 Å². The van der Waals surface area contributed by atoms with E-state index in [2.05, 4.69) is 35.2 Å². The van der Waals surface area contributed by atoms with E-state index < -0.39 is 5.91 Å². The number of aliphatic imine (C=N–C) groups is 1. The smallest absolute Gasteiger partial charge is 0.276 e. The van der Waals surface area contributed by atoms with E-state index in [-0.39, 0.29) is 18.2 Å². The minimum Gasteiger partial charge on any atom is -0.472 e. The molecule has 0 fully saturated rings. The molecule has 0 unspecified atom stereocenters. The number of pyridine rings is 1. The van der Waals surface area contributed by atoms with Gasteiger partial charge in [0.1, 0.15) is 18.0 Å². The van der Waals surface area contributed by atoms with E-state index >= 15 is 0 Å². The summed E-state index contributed by atoms with van der Waals surface area (Å²) in [6, 6.07) is 22.4. The lowest BCUT2D eigenvalue weighted by Gasteiger charge is -2.15. The van der Waals surface area contributed by atoms with E-state index in [0.717, 1.165) is 16.7 Å². The summed E-state index contributed by atoms with van der Waals surface area (Å²) in [5.74, 6) is -0.233. The topological polar surface area (TPSA) is 63.6 Å². The summed E-state index contributed by atoms with van der Waals surface area (Å²) in [6.07, 6.45) is 3.24. The van der Waals surface area contributed by atoms with Gasteiger partial charge in [0.15, 0.2) is 0 Å². The van der Waals surface area contributed by atoms with Crippen LogP contribution in [0.3, 0.4) is 0 Å². The van der Waals surface area contributed by atoms with Crippen LogP contribution in [0.5, 0.6) is 0 Å². The van der Waals surface area contributed by atoms with Crippen molar-refractivity contribution >= 4 is 30.5 Å². The first-order valence-corrected chi connectivity index (χ1v) is 9.66. The Kier molecular flexibility index (Phi) is 7.27. The fourth-order valence-electron chi connectivity index (χ4n) is 2.90. The van der Waals surface area contributed by atoms with E-state index in [9.17, 15) is 4.79 Å². The average Bonchev–Trinajstić information content (AvgIpc) is 2.83. The van der Waals surface area contributed by atoms with Crippen LogP contribution in [0, 0.1) is 0 Å². The summed E-state index contributed by atoms with van der Waals surface area (Å²) in [6.45, 7) is 11.4. The van der Waals surface area contributed by atoms with Crippen molar-refractivity contribution in [1.29, 1.82) is 0 Å². The van der Waals surface area contributed by atoms with Crippen LogP contribution in [-0.2, 0) is 11.3 Å². The van der Waals surface area contributed by atoms with Gasteiger partial charge in [0.2, 0.25) is 5.88 Å². The number of carbonyl (C=O) groups excluding carboxylic acids is 1. The van der Waals surface area contributed by atoms with Gasteiger partial charge in [0.25, 0.3) is 5.91 Å². The molecule has 0 saturated heterocycles. The van der Waals surface area contributed by atoms with Gasteiger partial charge in [-0.15, -0.1) is 0 Å². The minimum absolute atomic E-state index is 0.199. The molecule has 5 heteroatoms. The van der Waals surface area contributed by atoms with E-state index in [0.29, 0.717) is 11.4 Å². The molecule has 0 bridgehead atoms. The highest BCUT2D eigenvalue weighted by molar-refractivity contribution is 5.94. The lowest BCUT2D eigenvalue weighted by Crippen LogP contribution is -2.26. The number of benzene rings is 2. The fraction of sp³-hybridized carbons (Fsp3) is 0.0385. The highest BCUT2D eigenvalue weighted by Crippen LogP contribution is 2.21. The Balaban J connectivity index is 1.95. The summed E-state index contributed by atoms with van der Waals surface area (Å²) in [7, 11) is 0. The third-order valence-corrected chi connectivity index (χ3v) is 4.48. The molecule has 5 nitrogen and oxygen atoms in total. The highest BCUT2D eigenvalue weighted by Gasteiger charge is 2.17. The Morgan fingerprint density at radius 2 is 1.65 bits per heavy atom. The Hall–Kier alpha value is -4.25. The molecular weight excluding hydrogens is 386 g/mol. The van der Waals surface area contributed by atoms with Crippen molar-refractivity contribution in [3.05, 3.63) is 120 Å². The van der Waals surface area contributed by atoms with E-state index in [1.807, 2.05) is 60.7 Å². The Morgan fingerprint density at radius 1 is 0.968 bits per heavy atom. The van der Waals surface area contributed by atoms with Crippen LogP contribution < -0.4 is 5.32 Å². The van der Waals surface area contributed by atoms with Crippen LogP contribution in [0.2, 0.25) is 0 Å². The first kappa shape index (κ1) is 21.5. The van der Waals surface area contributed by atoms with Gasteiger partial charge in [-0.25, -0.2) is 4.98 Å². The zero-order valence-electron chi connectivity index (χ0n) is 17.1. The molecule has 3 aromatic rings. The van der Waals surface area contributed by atoms with Crippen molar-refractivity contribution in [3.63, 3.8) is 0 Å². The zero-order chi connectivity index (χ0) is 22.1. The molecule has 3 rings (SSSR count). The van der Waals surface area contributed by atoms with Crippen LogP contribution in [0.15, 0.2) is 96.8 Å². The van der Waals surface area contributed by atoms with Crippen LogP contribution in [-0.4, -0.2) is 17.6 Å². The molecular formula is C26H23N3O2. The molecule has 1 heterocycles. The quantitative estimate of drug-likeness (QED) is 0.383. The molecule has 0 saturated carbocycles. The van der Waals surface area contributed by atoms with Gasteiger partial charge in [-0.1, -0.05) is 86.0 Å². The maximum atomic E-state index is 13.0. The molecule has 0 aliphatic rings. The van der Waals surface area contributed by atoms with E-state index in [1.54, 1.807) is 24.3 Å². The van der Waals surface area contributed by atoms with Gasteiger partial charge in [-0.05, 0) is 30.0 Å². The first-order chi connectivity index (χ1) is 15.2. The monoisotopic (exact) mass is 409 g/mol. The molecule has 2 aromatic carbocycles. The Morgan fingerprint density at radius 3 is 2.26 bits per heavy atom. The third-order valence-electron chi connectivity index (χ3n) is 4.48. The van der Waals surface area contributed by atoms with E-state index in [4.69, 9.17) is 4.74 Å². The van der Waals surface area contributed by atoms with Crippen molar-refractivity contribution in [2.75, 3.05) is 0 Å². The molecule has 31 heavy (non-hydrogen) atoms. The molecule has 0 atom stereocenters. The average molecular weight is 409 g/mol. The Labute approximate surface area is 182 Å². The molecule has 0 aliphatic carbocycles. The number of ether oxygens (including phenoxy) is 1. The summed E-state index contributed by atoms with van der Waals surface area (Å²) in [5.41, 5.74) is 3.73. The normalized spacial score (nSPS) is 11.1. The summed E-state index contributed by atoms with van der Waals surface area (Å²) in [5, 5.41) is 2.80. The number of hydrogen-bond acceptors (Lipinski definition) is 4. The SMILES string of the molecule is C=Cc1ccc(C(=O)N/C(OCc2ccccc2)=C(/N=C)c2ccccc2)nc1C=C. The van der Waals surface area contributed by atoms with Crippen molar-refractivity contribution in [2.45, 2.75) is 6.61 Å². The zero-order valence-corrected chi connectivity index (χ0v) is 17.1. The molecule has 0 aliphatic heterocycles. The molecule has 1 amide bonds. The molecule has 1 N–H and O–H groups in total. The summed E-state index contributed by atoms with van der Waals surface area (Å²) in [4.78, 5) is 21.5. The molecule has 154 valence electrons. The highest BCUT2D eigenvalue weighted by atomic mass is 16.5. The maximum Gasteiger partial charge on any atom is 0.276 e. The predicted octanol–water partition coefficient (Wildman–Crippen LogP) is 5.34. The van der Waals surface area contributed by atoms with Gasteiger partial charge in [-0.3, -0.25) is 15.1 Å². The van der Waals surface area contributed by atoms with Crippen molar-refractivity contribution in [1.82, 2.24) is 10.3 Å². The van der Waals surface area contributed by atoms with Gasteiger partial charge in [0.05, 0.1) is 5.69 Å². The second-order valence-corrected chi connectivity index (χ2v) is 6.51. The number of nitrogens with one attached hydrogen (secondary N) is 1. The predicted molar refractivity (Wildman–Crippen MR) is 126 cm³/mol. The number of rotatable bonds is 9. The van der Waals surface area contributed by atoms with E-state index in [1.165, 1.54) is 0 Å². The number of aromatic nitrogens is 1. The maximum absolute atomic E-state index is 13.0. The van der Waals surface area contributed by atoms with Gasteiger partial charge in [-0.2, -0.15) is 0 Å². The first-order valence-electron chi connectivity index (χ1n) is 9.66. The molecule has 0 spiro atoms. The molecule has 0 radical (unpaired) electrons. The number of amides is 1. The van der Waals surface area contributed by atoms with Crippen LogP contribution >= 0.6 is 0 Å². The standard InChI is InChI=1S/C26H23N3O2/c1-4-20-16-17-23(28-22(20)5-2)25(30)29-26(31-18-19-12-8-6-9-13-19)24(27-3)21-14-10-7-11-15-21/h4-17H,1-3,18H2,(H,29,30)/b26-24-. The van der Waals surface area contributed by atoms with Crippen molar-refractivity contribution in [3.8, 4) is 0 Å². The van der Waals surface area contributed by atoms with Crippen LogP contribution in [0.4, 0.5) is 0 Å². The van der Waals surface area contributed by atoms with Gasteiger partial charge < -0.3 is 4.74 Å². The number of carbonyl (C=O) groups is 1. The third kappa shape index (κ3) is 5.42. The minimum atomic E-state index is -0.432. The summed E-state index contributed by atoms with van der Waals surface area (Å²) >= 11 is 0. The largest absolute Gasteiger partial charge is 0.472 e. The second-order valence-electron chi connectivity index (χ2n) is 6.51. The van der Waals surface area contributed by atoms with Crippen LogP contribution in [0.25, 0.3) is 17.8 Å². The van der Waals surface area contributed by atoms with Crippen molar-refractivity contribution < 1.29 is 9.53 Å². The Bertz CT molecular complexity index is 1120. The molecule has 1 aromatic heterocycles. The fourth-order valence-corrected chi connectivity index (χ4v) is 2.90.